The van der Waals surface area contributed by atoms with Crippen LogP contribution < -0.4 is 10.6 Å². The molecule has 1 unspecified atom stereocenters. The first-order chi connectivity index (χ1) is 13.8. The van der Waals surface area contributed by atoms with Gasteiger partial charge < -0.3 is 15.5 Å². The van der Waals surface area contributed by atoms with E-state index in [4.69, 9.17) is 11.6 Å². The first-order valence-electron chi connectivity index (χ1n) is 9.58. The summed E-state index contributed by atoms with van der Waals surface area (Å²) >= 11 is 6.30. The zero-order valence-electron chi connectivity index (χ0n) is 16.5. The first-order valence-corrected chi connectivity index (χ1v) is 9.96. The van der Waals surface area contributed by atoms with Gasteiger partial charge in [0.15, 0.2) is 0 Å². The Balaban J connectivity index is 1.86. The second kappa shape index (κ2) is 9.09. The van der Waals surface area contributed by atoms with Crippen molar-refractivity contribution in [3.05, 3.63) is 58.6 Å². The number of anilines is 2. The van der Waals surface area contributed by atoms with Crippen LogP contribution >= 0.6 is 11.6 Å². The van der Waals surface area contributed by atoms with Crippen molar-refractivity contribution in [3.63, 3.8) is 0 Å². The number of nitrogens with zero attached hydrogens (tertiary/aromatic N) is 1. The maximum absolute atomic E-state index is 13.3. The van der Waals surface area contributed by atoms with Gasteiger partial charge in [-0.1, -0.05) is 29.8 Å². The van der Waals surface area contributed by atoms with Crippen molar-refractivity contribution >= 4 is 40.7 Å². The lowest BCUT2D eigenvalue weighted by atomic mass is 10.0. The van der Waals surface area contributed by atoms with Gasteiger partial charge in [0.2, 0.25) is 11.8 Å². The monoisotopic (exact) mass is 413 g/mol. The van der Waals surface area contributed by atoms with Crippen molar-refractivity contribution in [2.75, 3.05) is 17.2 Å². The summed E-state index contributed by atoms with van der Waals surface area (Å²) in [5.41, 5.74) is 2.37. The fourth-order valence-corrected chi connectivity index (χ4v) is 3.91. The minimum absolute atomic E-state index is 0.0519. The molecule has 2 N–H and O–H groups in total. The molecule has 1 fully saturated rings. The molecular weight excluding hydrogens is 390 g/mol. The summed E-state index contributed by atoms with van der Waals surface area (Å²) < 4.78 is 0. The molecule has 2 aromatic carbocycles. The van der Waals surface area contributed by atoms with Crippen LogP contribution in [0.1, 0.15) is 42.6 Å². The third kappa shape index (κ3) is 5.35. The summed E-state index contributed by atoms with van der Waals surface area (Å²) in [6.07, 6.45) is 2.51. The highest BCUT2D eigenvalue weighted by Crippen LogP contribution is 2.28. The smallest absolute Gasteiger partial charge is 0.254 e. The van der Waals surface area contributed by atoms with Gasteiger partial charge in [-0.25, -0.2) is 0 Å². The SMILES string of the molecule is CC(=O)Nc1cc(NC(C)=O)cc(C(=O)N2CCCC2Cc2ccccc2Cl)c1. The molecule has 29 heavy (non-hydrogen) atoms. The Hall–Kier alpha value is -2.86. The van der Waals surface area contributed by atoms with Crippen molar-refractivity contribution < 1.29 is 14.4 Å². The molecule has 3 rings (SSSR count). The Morgan fingerprint density at radius 2 is 1.66 bits per heavy atom. The van der Waals surface area contributed by atoms with Gasteiger partial charge in [-0.3, -0.25) is 14.4 Å². The number of hydrogen-bond acceptors (Lipinski definition) is 3. The highest BCUT2D eigenvalue weighted by atomic mass is 35.5. The van der Waals surface area contributed by atoms with Crippen LogP contribution in [0, 0.1) is 0 Å². The first kappa shape index (κ1) is 20.9. The molecule has 1 aliphatic rings. The molecule has 0 aliphatic carbocycles. The molecule has 152 valence electrons. The molecule has 0 radical (unpaired) electrons. The minimum Gasteiger partial charge on any atom is -0.335 e. The van der Waals surface area contributed by atoms with E-state index in [9.17, 15) is 14.4 Å². The quantitative estimate of drug-likeness (QED) is 0.774. The Labute approximate surface area is 175 Å². The van der Waals surface area contributed by atoms with Gasteiger partial charge in [0.25, 0.3) is 5.91 Å². The summed E-state index contributed by atoms with van der Waals surface area (Å²) in [6, 6.07) is 12.6. The number of rotatable bonds is 5. The summed E-state index contributed by atoms with van der Waals surface area (Å²) in [6.45, 7) is 3.45. The lowest BCUT2D eigenvalue weighted by Gasteiger charge is -2.26. The Morgan fingerprint density at radius 1 is 1.03 bits per heavy atom. The van der Waals surface area contributed by atoms with E-state index in [0.29, 0.717) is 34.9 Å². The lowest BCUT2D eigenvalue weighted by Crippen LogP contribution is -2.37. The number of halogens is 1. The summed E-state index contributed by atoms with van der Waals surface area (Å²) in [4.78, 5) is 38.1. The number of nitrogens with one attached hydrogen (secondary N) is 2. The Morgan fingerprint density at radius 3 is 2.24 bits per heavy atom. The fourth-order valence-electron chi connectivity index (χ4n) is 3.70. The van der Waals surface area contributed by atoms with Crippen molar-refractivity contribution in [1.82, 2.24) is 4.90 Å². The Kier molecular flexibility index (Phi) is 6.54. The summed E-state index contributed by atoms with van der Waals surface area (Å²) in [7, 11) is 0. The van der Waals surface area contributed by atoms with Gasteiger partial charge in [-0.2, -0.15) is 0 Å². The van der Waals surface area contributed by atoms with E-state index < -0.39 is 0 Å². The minimum atomic E-state index is -0.249. The van der Waals surface area contributed by atoms with E-state index in [-0.39, 0.29) is 23.8 Å². The summed E-state index contributed by atoms with van der Waals surface area (Å²) in [5, 5.41) is 6.07. The van der Waals surface area contributed by atoms with Crippen molar-refractivity contribution in [1.29, 1.82) is 0 Å². The number of likely N-dealkylation sites (tertiary alicyclic amines) is 1. The van der Waals surface area contributed by atoms with Crippen LogP contribution in [0.4, 0.5) is 11.4 Å². The topological polar surface area (TPSA) is 78.5 Å². The predicted octanol–water partition coefficient (Wildman–Crippen LogP) is 4.10. The van der Waals surface area contributed by atoms with Gasteiger partial charge in [0.05, 0.1) is 0 Å². The molecule has 1 saturated heterocycles. The number of carbonyl (C=O) groups is 3. The molecule has 0 saturated carbocycles. The van der Waals surface area contributed by atoms with Gasteiger partial charge >= 0.3 is 0 Å². The molecular formula is C22H24ClN3O3. The van der Waals surface area contributed by atoms with E-state index >= 15 is 0 Å². The molecule has 0 bridgehead atoms. The van der Waals surface area contributed by atoms with Gasteiger partial charge in [0.1, 0.15) is 0 Å². The van der Waals surface area contributed by atoms with Crippen LogP contribution in [0.3, 0.4) is 0 Å². The van der Waals surface area contributed by atoms with Gasteiger partial charge in [-0.15, -0.1) is 0 Å². The molecule has 0 aromatic heterocycles. The van der Waals surface area contributed by atoms with Crippen LogP contribution in [0.15, 0.2) is 42.5 Å². The average Bonchev–Trinajstić information content (AvgIpc) is 3.10. The van der Waals surface area contributed by atoms with E-state index in [1.54, 1.807) is 18.2 Å². The third-order valence-corrected chi connectivity index (χ3v) is 5.24. The van der Waals surface area contributed by atoms with Crippen LogP contribution in [-0.4, -0.2) is 35.2 Å². The van der Waals surface area contributed by atoms with Crippen LogP contribution in [-0.2, 0) is 16.0 Å². The number of benzene rings is 2. The number of carbonyl (C=O) groups excluding carboxylic acids is 3. The summed E-state index contributed by atoms with van der Waals surface area (Å²) in [5.74, 6) is -0.624. The number of amides is 3. The molecule has 6 nitrogen and oxygen atoms in total. The number of hydrogen-bond donors (Lipinski definition) is 2. The second-order valence-electron chi connectivity index (χ2n) is 7.25. The van der Waals surface area contributed by atoms with E-state index in [2.05, 4.69) is 10.6 Å². The lowest BCUT2D eigenvalue weighted by molar-refractivity contribution is -0.115. The molecule has 7 heteroatoms. The maximum Gasteiger partial charge on any atom is 0.254 e. The predicted molar refractivity (Wildman–Crippen MR) is 114 cm³/mol. The van der Waals surface area contributed by atoms with Crippen molar-refractivity contribution in [3.8, 4) is 0 Å². The largest absolute Gasteiger partial charge is 0.335 e. The average molecular weight is 414 g/mol. The molecule has 1 aliphatic heterocycles. The van der Waals surface area contributed by atoms with E-state index in [0.717, 1.165) is 18.4 Å². The van der Waals surface area contributed by atoms with Crippen molar-refractivity contribution in [2.45, 2.75) is 39.2 Å². The molecule has 3 amide bonds. The van der Waals surface area contributed by atoms with Crippen LogP contribution in [0.25, 0.3) is 0 Å². The second-order valence-corrected chi connectivity index (χ2v) is 7.66. The van der Waals surface area contributed by atoms with E-state index in [1.807, 2.05) is 29.2 Å². The normalized spacial score (nSPS) is 15.8. The molecule has 1 atom stereocenters. The Bertz CT molecular complexity index is 910. The van der Waals surface area contributed by atoms with E-state index in [1.165, 1.54) is 13.8 Å². The zero-order chi connectivity index (χ0) is 21.0. The van der Waals surface area contributed by atoms with Crippen LogP contribution in [0.2, 0.25) is 5.02 Å². The maximum atomic E-state index is 13.3. The molecule has 1 heterocycles. The highest BCUT2D eigenvalue weighted by molar-refractivity contribution is 6.31. The van der Waals surface area contributed by atoms with Crippen LogP contribution in [0.5, 0.6) is 0 Å². The molecule has 2 aromatic rings. The molecule has 0 spiro atoms. The highest BCUT2D eigenvalue weighted by Gasteiger charge is 2.30. The van der Waals surface area contributed by atoms with Gasteiger partial charge in [-0.05, 0) is 49.1 Å². The standard InChI is InChI=1S/C22H24ClN3O3/c1-14(27)24-18-10-17(11-19(13-18)25-15(2)28)22(29)26-9-5-7-20(26)12-16-6-3-4-8-21(16)23/h3-4,6,8,10-11,13,20H,5,7,9,12H2,1-2H3,(H,24,27)(H,25,28). The third-order valence-electron chi connectivity index (χ3n) is 4.87. The fraction of sp³-hybridized carbons (Fsp3) is 0.318. The van der Waals surface area contributed by atoms with Gasteiger partial charge in [0, 0.05) is 48.4 Å². The van der Waals surface area contributed by atoms with Crippen molar-refractivity contribution in [2.24, 2.45) is 0 Å². The zero-order valence-corrected chi connectivity index (χ0v) is 17.3.